The zero-order chi connectivity index (χ0) is 13.3. The predicted octanol–water partition coefficient (Wildman–Crippen LogP) is 4.22. The zero-order valence-electron chi connectivity index (χ0n) is 9.00. The van der Waals surface area contributed by atoms with Crippen LogP contribution in [0.3, 0.4) is 0 Å². The standard InChI is InChI=1S/C13H8F4O/c14-12-6-3-9(13(15,16)17)7-11(12)8-1-4-10(18)5-2-8/h1-7,18H. The fourth-order valence-corrected chi connectivity index (χ4v) is 1.56. The molecule has 1 N–H and O–H groups in total. The Bertz CT molecular complexity index is 558. The highest BCUT2D eigenvalue weighted by molar-refractivity contribution is 5.65. The van der Waals surface area contributed by atoms with E-state index in [4.69, 9.17) is 5.11 Å². The molecule has 0 saturated heterocycles. The van der Waals surface area contributed by atoms with Crippen molar-refractivity contribution < 1.29 is 22.7 Å². The van der Waals surface area contributed by atoms with Gasteiger partial charge in [-0.25, -0.2) is 4.39 Å². The minimum Gasteiger partial charge on any atom is -0.508 e. The van der Waals surface area contributed by atoms with Crippen LogP contribution in [-0.2, 0) is 6.18 Å². The summed E-state index contributed by atoms with van der Waals surface area (Å²) in [5.74, 6) is -0.778. The van der Waals surface area contributed by atoms with E-state index in [-0.39, 0.29) is 16.9 Å². The van der Waals surface area contributed by atoms with Crippen molar-refractivity contribution in [3.05, 3.63) is 53.8 Å². The van der Waals surface area contributed by atoms with Crippen LogP contribution in [0.15, 0.2) is 42.5 Å². The lowest BCUT2D eigenvalue weighted by molar-refractivity contribution is -0.137. The van der Waals surface area contributed by atoms with Crippen LogP contribution in [0.4, 0.5) is 17.6 Å². The molecule has 0 radical (unpaired) electrons. The van der Waals surface area contributed by atoms with Crippen LogP contribution in [0.1, 0.15) is 5.56 Å². The third kappa shape index (κ3) is 2.45. The Labute approximate surface area is 100 Å². The molecule has 0 aliphatic rings. The van der Waals surface area contributed by atoms with Gasteiger partial charge in [-0.05, 0) is 35.9 Å². The summed E-state index contributed by atoms with van der Waals surface area (Å²) in [6.07, 6.45) is -4.51. The average Bonchev–Trinajstić information content (AvgIpc) is 2.29. The highest BCUT2D eigenvalue weighted by atomic mass is 19.4. The van der Waals surface area contributed by atoms with Crippen LogP contribution in [0, 0.1) is 5.82 Å². The molecule has 0 unspecified atom stereocenters. The molecule has 1 nitrogen and oxygen atoms in total. The number of aromatic hydroxyl groups is 1. The van der Waals surface area contributed by atoms with E-state index in [1.54, 1.807) is 0 Å². The second-order valence-electron chi connectivity index (χ2n) is 3.74. The number of phenols is 1. The number of hydrogen-bond donors (Lipinski definition) is 1. The van der Waals surface area contributed by atoms with E-state index in [2.05, 4.69) is 0 Å². The lowest BCUT2D eigenvalue weighted by Crippen LogP contribution is -2.05. The maximum Gasteiger partial charge on any atom is 0.416 e. The van der Waals surface area contributed by atoms with Crippen LogP contribution in [0.2, 0.25) is 0 Å². The van der Waals surface area contributed by atoms with Crippen molar-refractivity contribution in [3.63, 3.8) is 0 Å². The van der Waals surface area contributed by atoms with Crippen LogP contribution >= 0.6 is 0 Å². The van der Waals surface area contributed by atoms with Gasteiger partial charge in [0, 0.05) is 5.56 Å². The van der Waals surface area contributed by atoms with E-state index in [1.807, 2.05) is 0 Å². The van der Waals surface area contributed by atoms with Crippen LogP contribution in [-0.4, -0.2) is 5.11 Å². The van der Waals surface area contributed by atoms with E-state index >= 15 is 0 Å². The Hall–Kier alpha value is -2.04. The average molecular weight is 256 g/mol. The molecule has 2 aromatic carbocycles. The van der Waals surface area contributed by atoms with Gasteiger partial charge in [0.2, 0.25) is 0 Å². The molecule has 2 aromatic rings. The third-order valence-corrected chi connectivity index (χ3v) is 2.47. The number of rotatable bonds is 1. The van der Waals surface area contributed by atoms with Gasteiger partial charge >= 0.3 is 6.18 Å². The van der Waals surface area contributed by atoms with Crippen molar-refractivity contribution in [2.45, 2.75) is 6.18 Å². The largest absolute Gasteiger partial charge is 0.508 e. The number of halogens is 4. The Kier molecular flexibility index (Phi) is 2.98. The van der Waals surface area contributed by atoms with Gasteiger partial charge in [0.1, 0.15) is 11.6 Å². The summed E-state index contributed by atoms with van der Waals surface area (Å²) >= 11 is 0. The third-order valence-electron chi connectivity index (χ3n) is 2.47. The fraction of sp³-hybridized carbons (Fsp3) is 0.0769. The second-order valence-corrected chi connectivity index (χ2v) is 3.74. The second kappa shape index (κ2) is 4.33. The summed E-state index contributed by atoms with van der Waals surface area (Å²) in [5.41, 5.74) is -0.784. The number of phenolic OH excluding ortho intramolecular Hbond substituents is 1. The van der Waals surface area contributed by atoms with Gasteiger partial charge in [-0.15, -0.1) is 0 Å². The Morgan fingerprint density at radius 3 is 2.06 bits per heavy atom. The molecule has 18 heavy (non-hydrogen) atoms. The lowest BCUT2D eigenvalue weighted by atomic mass is 10.0. The van der Waals surface area contributed by atoms with E-state index in [0.717, 1.165) is 12.1 Å². The molecule has 0 amide bonds. The molecule has 0 bridgehead atoms. The Morgan fingerprint density at radius 1 is 0.889 bits per heavy atom. The zero-order valence-corrected chi connectivity index (χ0v) is 9.00. The first kappa shape index (κ1) is 12.4. The highest BCUT2D eigenvalue weighted by Crippen LogP contribution is 2.33. The van der Waals surface area contributed by atoms with Crippen LogP contribution < -0.4 is 0 Å². The summed E-state index contributed by atoms with van der Waals surface area (Å²) in [6.45, 7) is 0. The van der Waals surface area contributed by atoms with Crippen molar-refractivity contribution >= 4 is 0 Å². The summed E-state index contributed by atoms with van der Waals surface area (Å²) in [5, 5.41) is 9.08. The molecule has 0 spiro atoms. The summed E-state index contributed by atoms with van der Waals surface area (Å²) in [7, 11) is 0. The molecule has 0 aromatic heterocycles. The van der Waals surface area contributed by atoms with Gasteiger partial charge in [0.15, 0.2) is 0 Å². The molecule has 0 fully saturated rings. The van der Waals surface area contributed by atoms with Crippen molar-refractivity contribution in [1.82, 2.24) is 0 Å². The topological polar surface area (TPSA) is 20.2 Å². The molecule has 0 saturated carbocycles. The van der Waals surface area contributed by atoms with Crippen molar-refractivity contribution in [3.8, 4) is 16.9 Å². The van der Waals surface area contributed by atoms with Crippen molar-refractivity contribution in [1.29, 1.82) is 0 Å². The van der Waals surface area contributed by atoms with E-state index in [1.165, 1.54) is 24.3 Å². The highest BCUT2D eigenvalue weighted by Gasteiger charge is 2.31. The van der Waals surface area contributed by atoms with Crippen LogP contribution in [0.25, 0.3) is 11.1 Å². The monoisotopic (exact) mass is 256 g/mol. The minimum atomic E-state index is -4.51. The molecule has 0 heterocycles. The van der Waals surface area contributed by atoms with Gasteiger partial charge in [0.05, 0.1) is 5.56 Å². The van der Waals surface area contributed by atoms with E-state index < -0.39 is 17.6 Å². The van der Waals surface area contributed by atoms with E-state index in [0.29, 0.717) is 6.07 Å². The first-order chi connectivity index (χ1) is 8.38. The van der Waals surface area contributed by atoms with Gasteiger partial charge in [0.25, 0.3) is 0 Å². The summed E-state index contributed by atoms with van der Waals surface area (Å²) in [6, 6.07) is 7.51. The SMILES string of the molecule is Oc1ccc(-c2cc(C(F)(F)F)ccc2F)cc1. The van der Waals surface area contributed by atoms with Gasteiger partial charge in [-0.2, -0.15) is 13.2 Å². The summed E-state index contributed by atoms with van der Waals surface area (Å²) < 4.78 is 51.1. The Balaban J connectivity index is 2.53. The molecule has 0 atom stereocenters. The van der Waals surface area contributed by atoms with Gasteiger partial charge in [-0.1, -0.05) is 12.1 Å². The molecular weight excluding hydrogens is 248 g/mol. The van der Waals surface area contributed by atoms with Gasteiger partial charge in [-0.3, -0.25) is 0 Å². The Morgan fingerprint density at radius 2 is 1.50 bits per heavy atom. The number of alkyl halides is 3. The maximum atomic E-state index is 13.5. The lowest BCUT2D eigenvalue weighted by Gasteiger charge is -2.10. The fourth-order valence-electron chi connectivity index (χ4n) is 1.56. The first-order valence-electron chi connectivity index (χ1n) is 5.04. The normalized spacial score (nSPS) is 11.6. The maximum absolute atomic E-state index is 13.5. The minimum absolute atomic E-state index is 0.0360. The molecule has 0 aliphatic carbocycles. The number of benzene rings is 2. The first-order valence-corrected chi connectivity index (χ1v) is 5.04. The molecular formula is C13H8F4O. The molecule has 94 valence electrons. The summed E-state index contributed by atoms with van der Waals surface area (Å²) in [4.78, 5) is 0. The molecule has 2 rings (SSSR count). The molecule has 5 heteroatoms. The smallest absolute Gasteiger partial charge is 0.416 e. The van der Waals surface area contributed by atoms with E-state index in [9.17, 15) is 17.6 Å². The quantitative estimate of drug-likeness (QED) is 0.757. The number of hydrogen-bond acceptors (Lipinski definition) is 1. The van der Waals surface area contributed by atoms with Crippen molar-refractivity contribution in [2.24, 2.45) is 0 Å². The van der Waals surface area contributed by atoms with Crippen LogP contribution in [0.5, 0.6) is 5.75 Å². The predicted molar refractivity (Wildman–Crippen MR) is 58.5 cm³/mol. The van der Waals surface area contributed by atoms with Crippen molar-refractivity contribution in [2.75, 3.05) is 0 Å². The van der Waals surface area contributed by atoms with Gasteiger partial charge < -0.3 is 5.11 Å². The molecule has 0 aliphatic heterocycles.